The van der Waals surface area contributed by atoms with Crippen LogP contribution in [0.1, 0.15) is 21.7 Å². The monoisotopic (exact) mass is 348 g/mol. The van der Waals surface area contributed by atoms with Crippen LogP contribution in [0, 0.1) is 0 Å². The molecule has 2 aromatic carbocycles. The molecule has 0 saturated carbocycles. The zero-order valence-electron chi connectivity index (χ0n) is 14.7. The van der Waals surface area contributed by atoms with E-state index in [9.17, 15) is 14.7 Å². The molecule has 1 amide bonds. The SMILES string of the molecule is CNC(=O)c1c(O)c(=O)cc(Cc2ccccc2-c2ccccc2)n1C. The van der Waals surface area contributed by atoms with E-state index in [0.717, 1.165) is 16.7 Å². The summed E-state index contributed by atoms with van der Waals surface area (Å²) in [5.74, 6) is -1.03. The molecule has 3 rings (SSSR count). The van der Waals surface area contributed by atoms with Crippen molar-refractivity contribution in [3.8, 4) is 16.9 Å². The van der Waals surface area contributed by atoms with E-state index in [4.69, 9.17) is 0 Å². The fourth-order valence-electron chi connectivity index (χ4n) is 3.05. The lowest BCUT2D eigenvalue weighted by Crippen LogP contribution is -2.26. The van der Waals surface area contributed by atoms with Crippen LogP contribution in [0.3, 0.4) is 0 Å². The summed E-state index contributed by atoms with van der Waals surface area (Å²) in [6.07, 6.45) is 0.459. The molecule has 0 saturated heterocycles. The van der Waals surface area contributed by atoms with Crippen LogP contribution in [0.5, 0.6) is 5.75 Å². The van der Waals surface area contributed by atoms with E-state index in [-0.39, 0.29) is 5.69 Å². The Hall–Kier alpha value is -3.34. The summed E-state index contributed by atoms with van der Waals surface area (Å²) in [7, 11) is 3.13. The van der Waals surface area contributed by atoms with Gasteiger partial charge in [-0.05, 0) is 16.7 Å². The van der Waals surface area contributed by atoms with E-state index in [1.807, 2.05) is 54.6 Å². The Morgan fingerprint density at radius 2 is 1.73 bits per heavy atom. The Morgan fingerprint density at radius 1 is 1.08 bits per heavy atom. The van der Waals surface area contributed by atoms with Crippen LogP contribution >= 0.6 is 0 Å². The van der Waals surface area contributed by atoms with Gasteiger partial charge in [0.15, 0.2) is 11.4 Å². The number of rotatable bonds is 4. The van der Waals surface area contributed by atoms with Crippen molar-refractivity contribution in [1.29, 1.82) is 0 Å². The van der Waals surface area contributed by atoms with Gasteiger partial charge in [0, 0.05) is 32.3 Å². The first-order valence-electron chi connectivity index (χ1n) is 8.30. The number of carbonyl (C=O) groups excluding carboxylic acids is 1. The number of amides is 1. The third-order valence-corrected chi connectivity index (χ3v) is 4.44. The van der Waals surface area contributed by atoms with Gasteiger partial charge in [-0.2, -0.15) is 0 Å². The third-order valence-electron chi connectivity index (χ3n) is 4.44. The van der Waals surface area contributed by atoms with Gasteiger partial charge in [0.05, 0.1) is 0 Å². The standard InChI is InChI=1S/C21H20N2O3/c1-22-21(26)19-20(25)18(24)13-16(23(19)2)12-15-10-6-7-11-17(15)14-8-4-3-5-9-14/h3-11,13,25H,12H2,1-2H3,(H,22,26). The van der Waals surface area contributed by atoms with Crippen LogP contribution in [0.2, 0.25) is 0 Å². The van der Waals surface area contributed by atoms with Crippen molar-refractivity contribution >= 4 is 5.91 Å². The first kappa shape index (κ1) is 17.5. The van der Waals surface area contributed by atoms with E-state index in [1.165, 1.54) is 13.1 Å². The van der Waals surface area contributed by atoms with Gasteiger partial charge >= 0.3 is 0 Å². The predicted molar refractivity (Wildman–Crippen MR) is 101 cm³/mol. The van der Waals surface area contributed by atoms with Crippen molar-refractivity contribution in [2.75, 3.05) is 7.05 Å². The highest BCUT2D eigenvalue weighted by molar-refractivity contribution is 5.95. The summed E-state index contributed by atoms with van der Waals surface area (Å²) in [6, 6.07) is 19.3. The molecule has 1 heterocycles. The summed E-state index contributed by atoms with van der Waals surface area (Å²) in [5.41, 5.74) is 3.23. The minimum absolute atomic E-state index is 0.0350. The first-order valence-corrected chi connectivity index (χ1v) is 8.30. The van der Waals surface area contributed by atoms with E-state index < -0.39 is 17.1 Å². The molecule has 0 spiro atoms. The Balaban J connectivity index is 2.10. The highest BCUT2D eigenvalue weighted by Gasteiger charge is 2.19. The Morgan fingerprint density at radius 3 is 2.42 bits per heavy atom. The van der Waals surface area contributed by atoms with Gasteiger partial charge in [-0.25, -0.2) is 0 Å². The largest absolute Gasteiger partial charge is 0.503 e. The van der Waals surface area contributed by atoms with Crippen molar-refractivity contribution in [1.82, 2.24) is 9.88 Å². The number of hydrogen-bond donors (Lipinski definition) is 2. The van der Waals surface area contributed by atoms with Gasteiger partial charge in [-0.1, -0.05) is 54.6 Å². The van der Waals surface area contributed by atoms with Crippen LogP contribution in [0.4, 0.5) is 0 Å². The number of nitrogens with zero attached hydrogens (tertiary/aromatic N) is 1. The molecule has 0 atom stereocenters. The summed E-state index contributed by atoms with van der Waals surface area (Å²) < 4.78 is 1.57. The van der Waals surface area contributed by atoms with Crippen molar-refractivity contribution in [2.45, 2.75) is 6.42 Å². The van der Waals surface area contributed by atoms with Gasteiger partial charge in [0.1, 0.15) is 0 Å². The maximum atomic E-state index is 12.1. The average molecular weight is 348 g/mol. The van der Waals surface area contributed by atoms with Crippen molar-refractivity contribution < 1.29 is 9.90 Å². The molecule has 0 radical (unpaired) electrons. The molecule has 0 bridgehead atoms. The normalized spacial score (nSPS) is 10.5. The molecule has 2 N–H and O–H groups in total. The lowest BCUT2D eigenvalue weighted by atomic mass is 9.96. The average Bonchev–Trinajstić information content (AvgIpc) is 2.67. The molecule has 5 heteroatoms. The zero-order valence-corrected chi connectivity index (χ0v) is 14.7. The number of aromatic nitrogens is 1. The molecule has 132 valence electrons. The molecule has 0 aliphatic heterocycles. The molecule has 0 fully saturated rings. The number of hydrogen-bond acceptors (Lipinski definition) is 3. The number of aromatic hydroxyl groups is 1. The van der Waals surface area contributed by atoms with Gasteiger partial charge in [-0.3, -0.25) is 9.59 Å². The molecule has 5 nitrogen and oxygen atoms in total. The smallest absolute Gasteiger partial charge is 0.271 e. The second-order valence-electron chi connectivity index (χ2n) is 6.04. The summed E-state index contributed by atoms with van der Waals surface area (Å²) >= 11 is 0. The van der Waals surface area contributed by atoms with E-state index in [0.29, 0.717) is 12.1 Å². The topological polar surface area (TPSA) is 71.3 Å². The van der Waals surface area contributed by atoms with Crippen molar-refractivity contribution in [3.05, 3.63) is 87.8 Å². The molecule has 0 aliphatic carbocycles. The van der Waals surface area contributed by atoms with Crippen LogP contribution < -0.4 is 10.7 Å². The Bertz CT molecular complexity index is 1010. The number of pyridine rings is 1. The summed E-state index contributed by atoms with van der Waals surface area (Å²) in [4.78, 5) is 24.2. The van der Waals surface area contributed by atoms with Gasteiger partial charge in [-0.15, -0.1) is 0 Å². The van der Waals surface area contributed by atoms with Crippen LogP contribution in [-0.2, 0) is 13.5 Å². The second-order valence-corrected chi connectivity index (χ2v) is 6.04. The van der Waals surface area contributed by atoms with Crippen molar-refractivity contribution in [2.24, 2.45) is 7.05 Å². The van der Waals surface area contributed by atoms with Crippen LogP contribution in [0.15, 0.2) is 65.5 Å². The second kappa shape index (κ2) is 7.27. The van der Waals surface area contributed by atoms with Gasteiger partial charge < -0.3 is 15.0 Å². The molecular weight excluding hydrogens is 328 g/mol. The fraction of sp³-hybridized carbons (Fsp3) is 0.143. The predicted octanol–water partition coefficient (Wildman–Crippen LogP) is 2.71. The van der Waals surface area contributed by atoms with Crippen molar-refractivity contribution in [3.63, 3.8) is 0 Å². The van der Waals surface area contributed by atoms with Crippen LogP contribution in [-0.4, -0.2) is 22.6 Å². The minimum atomic E-state index is -0.561. The third kappa shape index (κ3) is 3.24. The summed E-state index contributed by atoms with van der Waals surface area (Å²) in [6.45, 7) is 0. The van der Waals surface area contributed by atoms with Crippen LogP contribution in [0.25, 0.3) is 11.1 Å². The lowest BCUT2D eigenvalue weighted by Gasteiger charge is -2.16. The number of nitrogens with one attached hydrogen (secondary N) is 1. The number of carbonyl (C=O) groups is 1. The maximum absolute atomic E-state index is 12.1. The molecule has 3 aromatic rings. The molecule has 1 aromatic heterocycles. The quantitative estimate of drug-likeness (QED) is 0.761. The van der Waals surface area contributed by atoms with E-state index in [2.05, 4.69) is 5.32 Å². The molecule has 26 heavy (non-hydrogen) atoms. The lowest BCUT2D eigenvalue weighted by molar-refractivity contribution is 0.0950. The molecule has 0 unspecified atom stereocenters. The Kier molecular flexibility index (Phi) is 4.89. The first-order chi connectivity index (χ1) is 12.5. The fourth-order valence-corrected chi connectivity index (χ4v) is 3.05. The van der Waals surface area contributed by atoms with Gasteiger partial charge in [0.25, 0.3) is 5.91 Å². The zero-order chi connectivity index (χ0) is 18.7. The summed E-state index contributed by atoms with van der Waals surface area (Å²) in [5, 5.41) is 12.5. The Labute approximate surface area is 151 Å². The molecular formula is C21H20N2O3. The number of benzene rings is 2. The van der Waals surface area contributed by atoms with E-state index >= 15 is 0 Å². The van der Waals surface area contributed by atoms with Gasteiger partial charge in [0.2, 0.25) is 5.43 Å². The molecule has 0 aliphatic rings. The highest BCUT2D eigenvalue weighted by atomic mass is 16.3. The maximum Gasteiger partial charge on any atom is 0.271 e. The van der Waals surface area contributed by atoms with E-state index in [1.54, 1.807) is 11.6 Å². The minimum Gasteiger partial charge on any atom is -0.503 e. The highest BCUT2D eigenvalue weighted by Crippen LogP contribution is 2.26.